The number of ether oxygens (including phenoxy) is 1. The van der Waals surface area contributed by atoms with E-state index in [4.69, 9.17) is 10.5 Å². The van der Waals surface area contributed by atoms with Crippen LogP contribution in [-0.4, -0.2) is 32.9 Å². The van der Waals surface area contributed by atoms with E-state index >= 15 is 0 Å². The second-order valence-corrected chi connectivity index (χ2v) is 12.3. The van der Waals surface area contributed by atoms with Gasteiger partial charge in [-0.3, -0.25) is 0 Å². The minimum absolute atomic E-state index is 0.0119. The Hall–Kier alpha value is -0.553. The van der Waals surface area contributed by atoms with Gasteiger partial charge < -0.3 is 15.8 Å². The standard InChI is InChI=1S/C12H24N2O2Si/c1-17(2,3)5-4-14-11-9-6-8(9)7-10(11)16-12(13)15/h8-11,14H,4-7H2,1-3H3,(H2,13,15). The van der Waals surface area contributed by atoms with Gasteiger partial charge in [0.05, 0.1) is 0 Å². The summed E-state index contributed by atoms with van der Waals surface area (Å²) in [7, 11) is -0.987. The van der Waals surface area contributed by atoms with Crippen molar-refractivity contribution in [2.75, 3.05) is 6.54 Å². The van der Waals surface area contributed by atoms with Gasteiger partial charge in [-0.1, -0.05) is 19.6 Å². The Bertz CT molecular complexity index is 303. The van der Waals surface area contributed by atoms with E-state index in [1.165, 1.54) is 12.5 Å². The Kier molecular flexibility index (Phi) is 3.50. The molecule has 2 rings (SSSR count). The van der Waals surface area contributed by atoms with Crippen LogP contribution in [0.25, 0.3) is 0 Å². The van der Waals surface area contributed by atoms with Crippen LogP contribution in [-0.2, 0) is 4.74 Å². The molecule has 4 unspecified atom stereocenters. The van der Waals surface area contributed by atoms with E-state index in [-0.39, 0.29) is 6.10 Å². The average molecular weight is 256 g/mol. The molecule has 98 valence electrons. The van der Waals surface area contributed by atoms with Gasteiger partial charge in [0, 0.05) is 14.1 Å². The van der Waals surface area contributed by atoms with Crippen molar-refractivity contribution in [1.29, 1.82) is 0 Å². The maximum absolute atomic E-state index is 10.8. The number of nitrogens with two attached hydrogens (primary N) is 1. The van der Waals surface area contributed by atoms with Gasteiger partial charge in [-0.15, -0.1) is 0 Å². The van der Waals surface area contributed by atoms with Crippen LogP contribution in [0.2, 0.25) is 25.7 Å². The number of carbonyl (C=O) groups is 1. The molecule has 2 fully saturated rings. The molecule has 2 aliphatic carbocycles. The first kappa shape index (κ1) is 12.9. The second kappa shape index (κ2) is 4.61. The maximum Gasteiger partial charge on any atom is 0.404 e. The smallest absolute Gasteiger partial charge is 0.404 e. The highest BCUT2D eigenvalue weighted by atomic mass is 28.3. The van der Waals surface area contributed by atoms with Crippen molar-refractivity contribution in [3.8, 4) is 0 Å². The van der Waals surface area contributed by atoms with Crippen LogP contribution in [0, 0.1) is 11.8 Å². The molecule has 5 heteroatoms. The molecule has 1 amide bonds. The molecule has 0 aromatic rings. The van der Waals surface area contributed by atoms with E-state index < -0.39 is 14.2 Å². The summed E-state index contributed by atoms with van der Waals surface area (Å²) in [5, 5.41) is 3.59. The summed E-state index contributed by atoms with van der Waals surface area (Å²) in [5.74, 6) is 1.49. The maximum atomic E-state index is 10.8. The zero-order valence-electron chi connectivity index (χ0n) is 11.0. The average Bonchev–Trinajstić information content (AvgIpc) is 2.82. The molecule has 2 aliphatic rings. The van der Waals surface area contributed by atoms with Gasteiger partial charge in [-0.05, 0) is 37.3 Å². The molecule has 2 saturated carbocycles. The summed E-state index contributed by atoms with van der Waals surface area (Å²) in [6.07, 6.45) is 1.67. The number of carbonyl (C=O) groups excluding carboxylic acids is 1. The number of nitrogens with one attached hydrogen (secondary N) is 1. The molecular weight excluding hydrogens is 232 g/mol. The van der Waals surface area contributed by atoms with Crippen LogP contribution in [0.4, 0.5) is 4.79 Å². The van der Waals surface area contributed by atoms with Crippen LogP contribution < -0.4 is 11.1 Å². The van der Waals surface area contributed by atoms with Crippen LogP contribution in [0.3, 0.4) is 0 Å². The third-order valence-electron chi connectivity index (χ3n) is 3.90. The molecule has 4 atom stereocenters. The van der Waals surface area contributed by atoms with E-state index in [9.17, 15) is 4.79 Å². The molecule has 0 spiro atoms. The highest BCUT2D eigenvalue weighted by Crippen LogP contribution is 2.52. The minimum Gasteiger partial charge on any atom is -0.445 e. The second-order valence-electron chi connectivity index (χ2n) is 6.66. The van der Waals surface area contributed by atoms with E-state index in [2.05, 4.69) is 25.0 Å². The van der Waals surface area contributed by atoms with E-state index in [0.29, 0.717) is 6.04 Å². The van der Waals surface area contributed by atoms with E-state index in [0.717, 1.165) is 24.8 Å². The van der Waals surface area contributed by atoms with Crippen molar-refractivity contribution in [2.24, 2.45) is 17.6 Å². The Morgan fingerprint density at radius 2 is 2.12 bits per heavy atom. The highest BCUT2D eigenvalue weighted by molar-refractivity contribution is 6.76. The molecular formula is C12H24N2O2Si. The van der Waals surface area contributed by atoms with E-state index in [1.807, 2.05) is 0 Å². The van der Waals surface area contributed by atoms with Gasteiger partial charge in [0.2, 0.25) is 0 Å². The van der Waals surface area contributed by atoms with E-state index in [1.54, 1.807) is 0 Å². The van der Waals surface area contributed by atoms with Crippen molar-refractivity contribution in [2.45, 2.75) is 50.7 Å². The predicted molar refractivity (Wildman–Crippen MR) is 70.6 cm³/mol. The Balaban J connectivity index is 1.79. The lowest BCUT2D eigenvalue weighted by atomic mass is 10.1. The topological polar surface area (TPSA) is 64.3 Å². The van der Waals surface area contributed by atoms with Crippen LogP contribution in [0.1, 0.15) is 12.8 Å². The lowest BCUT2D eigenvalue weighted by molar-refractivity contribution is 0.0845. The van der Waals surface area contributed by atoms with Gasteiger partial charge in [0.15, 0.2) is 0 Å². The Morgan fingerprint density at radius 1 is 1.41 bits per heavy atom. The van der Waals surface area contributed by atoms with Gasteiger partial charge in [0.25, 0.3) is 0 Å². The largest absolute Gasteiger partial charge is 0.445 e. The molecule has 0 aromatic heterocycles. The highest BCUT2D eigenvalue weighted by Gasteiger charge is 2.54. The normalized spacial score (nSPS) is 35.5. The summed E-state index contributed by atoms with van der Waals surface area (Å²) >= 11 is 0. The Labute approximate surface area is 104 Å². The summed E-state index contributed by atoms with van der Waals surface area (Å²) in [5.41, 5.74) is 5.11. The minimum atomic E-state index is -0.987. The number of fused-ring (bicyclic) bond motifs is 1. The molecule has 0 saturated heterocycles. The van der Waals surface area contributed by atoms with Crippen molar-refractivity contribution in [3.05, 3.63) is 0 Å². The lowest BCUT2D eigenvalue weighted by Gasteiger charge is -2.25. The van der Waals surface area contributed by atoms with Crippen LogP contribution in [0.15, 0.2) is 0 Å². The monoisotopic (exact) mass is 256 g/mol. The van der Waals surface area contributed by atoms with Crippen molar-refractivity contribution >= 4 is 14.2 Å². The summed E-state index contributed by atoms with van der Waals surface area (Å²) in [4.78, 5) is 10.8. The molecule has 3 N–H and O–H groups in total. The fourth-order valence-electron chi connectivity index (χ4n) is 2.87. The fourth-order valence-corrected chi connectivity index (χ4v) is 3.76. The number of hydrogen-bond donors (Lipinski definition) is 2. The quantitative estimate of drug-likeness (QED) is 0.737. The summed E-state index contributed by atoms with van der Waals surface area (Å²) in [6, 6.07) is 1.62. The summed E-state index contributed by atoms with van der Waals surface area (Å²) < 4.78 is 5.19. The number of primary amides is 1. The van der Waals surface area contributed by atoms with Gasteiger partial charge in [0.1, 0.15) is 6.10 Å². The molecule has 0 heterocycles. The predicted octanol–water partition coefficient (Wildman–Crippen LogP) is 1.79. The summed E-state index contributed by atoms with van der Waals surface area (Å²) in [6.45, 7) is 8.17. The third-order valence-corrected chi connectivity index (χ3v) is 5.65. The van der Waals surface area contributed by atoms with Gasteiger partial charge in [-0.25, -0.2) is 4.79 Å². The van der Waals surface area contributed by atoms with Gasteiger partial charge in [-0.2, -0.15) is 0 Å². The van der Waals surface area contributed by atoms with Crippen LogP contribution >= 0.6 is 0 Å². The Morgan fingerprint density at radius 3 is 2.71 bits per heavy atom. The first-order valence-electron chi connectivity index (χ1n) is 6.56. The fraction of sp³-hybridized carbons (Fsp3) is 0.917. The number of rotatable bonds is 5. The molecule has 0 radical (unpaired) electrons. The first-order valence-corrected chi connectivity index (χ1v) is 10.3. The molecule has 17 heavy (non-hydrogen) atoms. The molecule has 0 aromatic carbocycles. The van der Waals surface area contributed by atoms with Gasteiger partial charge >= 0.3 is 6.09 Å². The van der Waals surface area contributed by atoms with Crippen molar-refractivity contribution in [1.82, 2.24) is 5.32 Å². The SMILES string of the molecule is C[Si](C)(C)CCNC1C(OC(N)=O)CC2CC21. The number of amides is 1. The molecule has 0 bridgehead atoms. The molecule has 0 aliphatic heterocycles. The van der Waals surface area contributed by atoms with Crippen molar-refractivity contribution in [3.63, 3.8) is 0 Å². The number of hydrogen-bond acceptors (Lipinski definition) is 3. The molecule has 4 nitrogen and oxygen atoms in total. The first-order chi connectivity index (χ1) is 7.87. The van der Waals surface area contributed by atoms with Crippen LogP contribution in [0.5, 0.6) is 0 Å². The zero-order valence-corrected chi connectivity index (χ0v) is 12.0. The third kappa shape index (κ3) is 3.45. The zero-order chi connectivity index (χ0) is 12.6. The van der Waals surface area contributed by atoms with Crippen molar-refractivity contribution < 1.29 is 9.53 Å². The lowest BCUT2D eigenvalue weighted by Crippen LogP contribution is -2.43.